The molecule has 0 spiro atoms. The average molecular weight is 223 g/mol. The lowest BCUT2D eigenvalue weighted by Crippen LogP contribution is -2.16. The summed E-state index contributed by atoms with van der Waals surface area (Å²) >= 11 is 0. The Balaban J connectivity index is 1.98. The van der Waals surface area contributed by atoms with Gasteiger partial charge in [-0.05, 0) is 25.0 Å². The van der Waals surface area contributed by atoms with E-state index in [0.29, 0.717) is 23.8 Å². The minimum Gasteiger partial charge on any atom is -0.493 e. The van der Waals surface area contributed by atoms with Gasteiger partial charge >= 0.3 is 0 Å². The molecule has 0 radical (unpaired) electrons. The molecule has 0 aliphatic carbocycles. The van der Waals surface area contributed by atoms with E-state index >= 15 is 0 Å². The van der Waals surface area contributed by atoms with Gasteiger partial charge in [-0.1, -0.05) is 0 Å². The fourth-order valence-electron chi connectivity index (χ4n) is 1.76. The number of rotatable bonds is 4. The van der Waals surface area contributed by atoms with E-state index in [1.54, 1.807) is 25.3 Å². The van der Waals surface area contributed by atoms with Gasteiger partial charge in [0.1, 0.15) is 6.61 Å². The van der Waals surface area contributed by atoms with Crippen LogP contribution < -0.4 is 15.2 Å². The van der Waals surface area contributed by atoms with E-state index in [1.807, 2.05) is 0 Å². The molecule has 1 saturated heterocycles. The second-order valence-corrected chi connectivity index (χ2v) is 3.86. The van der Waals surface area contributed by atoms with Crippen LogP contribution in [0.2, 0.25) is 0 Å². The maximum Gasteiger partial charge on any atom is 0.163 e. The number of hydrogen-bond acceptors (Lipinski definition) is 4. The van der Waals surface area contributed by atoms with Crippen LogP contribution in [-0.4, -0.2) is 26.4 Å². The summed E-state index contributed by atoms with van der Waals surface area (Å²) in [4.78, 5) is 0. The highest BCUT2D eigenvalue weighted by Crippen LogP contribution is 2.29. The van der Waals surface area contributed by atoms with Gasteiger partial charge in [0, 0.05) is 18.4 Å². The zero-order valence-electron chi connectivity index (χ0n) is 9.44. The van der Waals surface area contributed by atoms with Crippen LogP contribution in [0.25, 0.3) is 0 Å². The second kappa shape index (κ2) is 5.07. The number of methoxy groups -OCH3 is 1. The number of benzene rings is 1. The van der Waals surface area contributed by atoms with Crippen molar-refractivity contribution >= 4 is 5.69 Å². The van der Waals surface area contributed by atoms with E-state index in [1.165, 1.54) is 0 Å². The van der Waals surface area contributed by atoms with Gasteiger partial charge in [0.25, 0.3) is 0 Å². The number of nitrogens with two attached hydrogens (primary N) is 1. The molecule has 2 rings (SSSR count). The molecule has 1 atom stereocenters. The lowest BCUT2D eigenvalue weighted by molar-refractivity contribution is 0.0670. The van der Waals surface area contributed by atoms with E-state index < -0.39 is 0 Å². The predicted molar refractivity (Wildman–Crippen MR) is 61.9 cm³/mol. The molecule has 1 fully saturated rings. The SMILES string of the molecule is COc1ccc(N)cc1OC[C@H]1CCCO1. The first kappa shape index (κ1) is 11.1. The van der Waals surface area contributed by atoms with Gasteiger partial charge in [0.05, 0.1) is 13.2 Å². The minimum absolute atomic E-state index is 0.200. The summed E-state index contributed by atoms with van der Waals surface area (Å²) in [5.41, 5.74) is 6.37. The number of hydrogen-bond donors (Lipinski definition) is 1. The monoisotopic (exact) mass is 223 g/mol. The normalized spacial score (nSPS) is 19.7. The Bertz CT molecular complexity index is 348. The largest absolute Gasteiger partial charge is 0.493 e. The van der Waals surface area contributed by atoms with Crippen molar-refractivity contribution in [2.75, 3.05) is 26.1 Å². The molecule has 88 valence electrons. The van der Waals surface area contributed by atoms with Gasteiger partial charge < -0.3 is 19.9 Å². The molecule has 1 aliphatic rings. The van der Waals surface area contributed by atoms with Crippen LogP contribution in [0.3, 0.4) is 0 Å². The van der Waals surface area contributed by atoms with Gasteiger partial charge in [0.15, 0.2) is 11.5 Å². The van der Waals surface area contributed by atoms with Gasteiger partial charge in [-0.15, -0.1) is 0 Å². The van der Waals surface area contributed by atoms with E-state index in [4.69, 9.17) is 19.9 Å². The van der Waals surface area contributed by atoms with Crippen LogP contribution in [0.4, 0.5) is 5.69 Å². The molecule has 0 unspecified atom stereocenters. The summed E-state index contributed by atoms with van der Waals surface area (Å²) in [7, 11) is 1.62. The lowest BCUT2D eigenvalue weighted by Gasteiger charge is -2.14. The standard InChI is InChI=1S/C12H17NO3/c1-14-11-5-4-9(13)7-12(11)16-8-10-3-2-6-15-10/h4-5,7,10H,2-3,6,8,13H2,1H3/t10-/m1/s1. The molecule has 0 bridgehead atoms. The van der Waals surface area contributed by atoms with Crippen LogP contribution in [-0.2, 0) is 4.74 Å². The van der Waals surface area contributed by atoms with Crippen molar-refractivity contribution in [3.8, 4) is 11.5 Å². The topological polar surface area (TPSA) is 53.7 Å². The molecule has 0 saturated carbocycles. The number of anilines is 1. The minimum atomic E-state index is 0.200. The molecule has 4 nitrogen and oxygen atoms in total. The van der Waals surface area contributed by atoms with E-state index in [2.05, 4.69) is 0 Å². The molecule has 0 amide bonds. The predicted octanol–water partition coefficient (Wildman–Crippen LogP) is 1.84. The van der Waals surface area contributed by atoms with Gasteiger partial charge in [0.2, 0.25) is 0 Å². The van der Waals surface area contributed by atoms with Crippen LogP contribution in [0.15, 0.2) is 18.2 Å². The second-order valence-electron chi connectivity index (χ2n) is 3.86. The number of nitrogen functional groups attached to an aromatic ring is 1. The Labute approximate surface area is 95.3 Å². The van der Waals surface area contributed by atoms with Crippen molar-refractivity contribution in [1.29, 1.82) is 0 Å². The summed E-state index contributed by atoms with van der Waals surface area (Å²) < 4.78 is 16.3. The molecule has 2 N–H and O–H groups in total. The molecule has 1 aliphatic heterocycles. The Morgan fingerprint density at radius 2 is 2.31 bits per heavy atom. The van der Waals surface area contributed by atoms with Crippen molar-refractivity contribution < 1.29 is 14.2 Å². The highest BCUT2D eigenvalue weighted by molar-refractivity contribution is 5.51. The summed E-state index contributed by atoms with van der Waals surface area (Å²) in [5, 5.41) is 0. The third kappa shape index (κ3) is 2.58. The molecule has 1 aromatic rings. The molecule has 0 aromatic heterocycles. The first-order valence-corrected chi connectivity index (χ1v) is 5.47. The Hall–Kier alpha value is -1.42. The van der Waals surface area contributed by atoms with Crippen molar-refractivity contribution in [3.63, 3.8) is 0 Å². The maximum atomic E-state index is 5.70. The Kier molecular flexibility index (Phi) is 3.51. The van der Waals surface area contributed by atoms with Crippen LogP contribution in [0.1, 0.15) is 12.8 Å². The van der Waals surface area contributed by atoms with Gasteiger partial charge in [-0.3, -0.25) is 0 Å². The first-order valence-electron chi connectivity index (χ1n) is 5.47. The third-order valence-electron chi connectivity index (χ3n) is 2.64. The fourth-order valence-corrected chi connectivity index (χ4v) is 1.76. The van der Waals surface area contributed by atoms with Crippen molar-refractivity contribution in [1.82, 2.24) is 0 Å². The Morgan fingerprint density at radius 3 is 3.00 bits per heavy atom. The van der Waals surface area contributed by atoms with E-state index in [-0.39, 0.29) is 6.10 Å². The molecular weight excluding hydrogens is 206 g/mol. The highest BCUT2D eigenvalue weighted by Gasteiger charge is 2.17. The van der Waals surface area contributed by atoms with Crippen LogP contribution in [0, 0.1) is 0 Å². The quantitative estimate of drug-likeness (QED) is 0.791. The molecular formula is C12H17NO3. The van der Waals surface area contributed by atoms with Gasteiger partial charge in [-0.2, -0.15) is 0 Å². The van der Waals surface area contributed by atoms with E-state index in [0.717, 1.165) is 19.4 Å². The smallest absolute Gasteiger partial charge is 0.163 e. The van der Waals surface area contributed by atoms with Crippen molar-refractivity contribution in [2.45, 2.75) is 18.9 Å². The summed E-state index contributed by atoms with van der Waals surface area (Å²) in [6, 6.07) is 5.37. The number of ether oxygens (including phenoxy) is 3. The summed E-state index contributed by atoms with van der Waals surface area (Å²) in [6.45, 7) is 1.39. The van der Waals surface area contributed by atoms with Crippen molar-refractivity contribution in [2.24, 2.45) is 0 Å². The van der Waals surface area contributed by atoms with Crippen LogP contribution >= 0.6 is 0 Å². The zero-order chi connectivity index (χ0) is 11.4. The molecule has 16 heavy (non-hydrogen) atoms. The Morgan fingerprint density at radius 1 is 1.44 bits per heavy atom. The van der Waals surface area contributed by atoms with Crippen molar-refractivity contribution in [3.05, 3.63) is 18.2 Å². The highest BCUT2D eigenvalue weighted by atomic mass is 16.5. The molecule has 1 heterocycles. The average Bonchev–Trinajstić information content (AvgIpc) is 2.79. The zero-order valence-corrected chi connectivity index (χ0v) is 9.44. The fraction of sp³-hybridized carbons (Fsp3) is 0.500. The van der Waals surface area contributed by atoms with E-state index in [9.17, 15) is 0 Å². The molecule has 1 aromatic carbocycles. The first-order chi connectivity index (χ1) is 7.79. The molecule has 4 heteroatoms. The summed E-state index contributed by atoms with van der Waals surface area (Å²) in [6.07, 6.45) is 2.37. The van der Waals surface area contributed by atoms with Crippen LogP contribution in [0.5, 0.6) is 11.5 Å². The lowest BCUT2D eigenvalue weighted by atomic mass is 10.2. The van der Waals surface area contributed by atoms with Gasteiger partial charge in [-0.25, -0.2) is 0 Å². The third-order valence-corrected chi connectivity index (χ3v) is 2.64. The maximum absolute atomic E-state index is 5.70. The summed E-state index contributed by atoms with van der Waals surface area (Å²) in [5.74, 6) is 1.38.